The lowest BCUT2D eigenvalue weighted by Crippen LogP contribution is -2.23. The van der Waals surface area contributed by atoms with E-state index >= 15 is 0 Å². The summed E-state index contributed by atoms with van der Waals surface area (Å²) in [5.41, 5.74) is 2.11. The number of halogens is 1. The first kappa shape index (κ1) is 20.4. The molecule has 0 bridgehead atoms. The summed E-state index contributed by atoms with van der Waals surface area (Å²) in [7, 11) is 0. The normalized spacial score (nSPS) is 11.1. The number of nitrogens with zero attached hydrogens (tertiary/aromatic N) is 5. The molecule has 8 nitrogen and oxygen atoms in total. The first-order valence-electron chi connectivity index (χ1n) is 9.80. The largest absolute Gasteiger partial charge is 0.348 e. The fourth-order valence-corrected chi connectivity index (χ4v) is 3.00. The number of carbonyl (C=O) groups excluding carboxylic acids is 1. The Morgan fingerprint density at radius 2 is 2.00 bits per heavy atom. The molecular formula is C22H21FN6O2. The minimum absolute atomic E-state index is 0.0889. The fourth-order valence-electron chi connectivity index (χ4n) is 3.00. The molecule has 3 aromatic heterocycles. The molecule has 3 heterocycles. The van der Waals surface area contributed by atoms with E-state index in [1.165, 1.54) is 12.3 Å². The number of rotatable bonds is 6. The zero-order valence-electron chi connectivity index (χ0n) is 17.3. The summed E-state index contributed by atoms with van der Waals surface area (Å²) in [4.78, 5) is 21.3. The third-order valence-corrected chi connectivity index (χ3v) is 4.82. The number of hydrogen-bond donors (Lipinski definition) is 1. The lowest BCUT2D eigenvalue weighted by molar-refractivity contribution is 0.0950. The average molecular weight is 420 g/mol. The molecule has 0 aliphatic heterocycles. The fraction of sp³-hybridized carbons (Fsp3) is 0.227. The Morgan fingerprint density at radius 1 is 1.19 bits per heavy atom. The molecule has 4 aromatic rings. The number of hydrogen-bond acceptors (Lipinski definition) is 6. The Balaban J connectivity index is 1.49. The van der Waals surface area contributed by atoms with Crippen LogP contribution in [-0.4, -0.2) is 30.8 Å². The van der Waals surface area contributed by atoms with E-state index in [4.69, 9.17) is 4.52 Å². The monoisotopic (exact) mass is 420 g/mol. The second-order valence-corrected chi connectivity index (χ2v) is 7.35. The topological polar surface area (TPSA) is 98.7 Å². The number of amides is 1. The molecule has 0 unspecified atom stereocenters. The molecule has 1 amide bonds. The van der Waals surface area contributed by atoms with Crippen molar-refractivity contribution in [1.82, 2.24) is 30.2 Å². The number of aromatic nitrogens is 5. The van der Waals surface area contributed by atoms with Crippen LogP contribution < -0.4 is 5.32 Å². The van der Waals surface area contributed by atoms with E-state index < -0.39 is 0 Å². The van der Waals surface area contributed by atoms with E-state index in [0.29, 0.717) is 39.9 Å². The van der Waals surface area contributed by atoms with Crippen LogP contribution in [0.2, 0.25) is 0 Å². The van der Waals surface area contributed by atoms with Crippen LogP contribution in [0.5, 0.6) is 0 Å². The molecule has 1 aromatic carbocycles. The van der Waals surface area contributed by atoms with Crippen molar-refractivity contribution in [1.29, 1.82) is 0 Å². The predicted molar refractivity (Wildman–Crippen MR) is 111 cm³/mol. The van der Waals surface area contributed by atoms with Gasteiger partial charge < -0.3 is 9.84 Å². The van der Waals surface area contributed by atoms with Crippen molar-refractivity contribution in [3.8, 4) is 17.3 Å². The van der Waals surface area contributed by atoms with Crippen molar-refractivity contribution in [3.63, 3.8) is 0 Å². The zero-order valence-corrected chi connectivity index (χ0v) is 17.3. The van der Waals surface area contributed by atoms with Gasteiger partial charge in [-0.25, -0.2) is 14.1 Å². The summed E-state index contributed by atoms with van der Waals surface area (Å²) < 4.78 is 20.6. The molecule has 1 N–H and O–H groups in total. The molecule has 0 radical (unpaired) electrons. The number of carbonyl (C=O) groups is 1. The van der Waals surface area contributed by atoms with Crippen LogP contribution in [-0.2, 0) is 6.54 Å². The quantitative estimate of drug-likeness (QED) is 0.509. The lowest BCUT2D eigenvalue weighted by Gasteiger charge is -2.07. The maximum Gasteiger partial charge on any atom is 0.259 e. The first-order valence-corrected chi connectivity index (χ1v) is 9.80. The smallest absolute Gasteiger partial charge is 0.259 e. The Bertz CT molecular complexity index is 1210. The van der Waals surface area contributed by atoms with E-state index in [-0.39, 0.29) is 24.2 Å². The molecule has 0 aliphatic rings. The number of nitrogens with one attached hydrogen (secondary N) is 1. The van der Waals surface area contributed by atoms with Gasteiger partial charge in [0, 0.05) is 24.2 Å². The summed E-state index contributed by atoms with van der Waals surface area (Å²) >= 11 is 0. The highest BCUT2D eigenvalue weighted by Gasteiger charge is 2.17. The molecule has 0 aliphatic carbocycles. The summed E-state index contributed by atoms with van der Waals surface area (Å²) in [6.45, 7) is 5.83. The molecule has 0 saturated heterocycles. The molecule has 0 spiro atoms. The van der Waals surface area contributed by atoms with Gasteiger partial charge in [-0.15, -0.1) is 0 Å². The van der Waals surface area contributed by atoms with Gasteiger partial charge in [0.1, 0.15) is 5.82 Å². The van der Waals surface area contributed by atoms with Crippen LogP contribution >= 0.6 is 0 Å². The van der Waals surface area contributed by atoms with E-state index in [1.54, 1.807) is 48.1 Å². The van der Waals surface area contributed by atoms with Gasteiger partial charge >= 0.3 is 0 Å². The molecule has 31 heavy (non-hydrogen) atoms. The van der Waals surface area contributed by atoms with Crippen LogP contribution in [0, 0.1) is 12.7 Å². The zero-order chi connectivity index (χ0) is 22.0. The van der Waals surface area contributed by atoms with Gasteiger partial charge in [0.2, 0.25) is 0 Å². The van der Waals surface area contributed by atoms with Gasteiger partial charge in [-0.2, -0.15) is 10.1 Å². The van der Waals surface area contributed by atoms with Crippen LogP contribution in [0.15, 0.2) is 53.3 Å². The molecule has 0 saturated carbocycles. The third-order valence-electron chi connectivity index (χ3n) is 4.82. The van der Waals surface area contributed by atoms with Gasteiger partial charge in [-0.1, -0.05) is 37.2 Å². The Labute approximate surface area is 178 Å². The third kappa shape index (κ3) is 4.20. The van der Waals surface area contributed by atoms with E-state index in [0.717, 1.165) is 0 Å². The van der Waals surface area contributed by atoms with E-state index in [2.05, 4.69) is 25.5 Å². The van der Waals surface area contributed by atoms with Crippen molar-refractivity contribution < 1.29 is 13.7 Å². The van der Waals surface area contributed by atoms with Gasteiger partial charge in [-0.3, -0.25) is 4.79 Å². The number of benzene rings is 1. The van der Waals surface area contributed by atoms with Crippen molar-refractivity contribution in [3.05, 3.63) is 77.3 Å². The Morgan fingerprint density at radius 3 is 2.68 bits per heavy atom. The number of pyridine rings is 1. The Hall–Kier alpha value is -3.88. The van der Waals surface area contributed by atoms with Crippen molar-refractivity contribution in [2.75, 3.05) is 0 Å². The van der Waals surface area contributed by atoms with Crippen LogP contribution in [0.25, 0.3) is 17.3 Å². The molecule has 0 atom stereocenters. The summed E-state index contributed by atoms with van der Waals surface area (Å²) in [6.07, 6.45) is 3.08. The highest BCUT2D eigenvalue weighted by molar-refractivity contribution is 5.95. The van der Waals surface area contributed by atoms with Crippen molar-refractivity contribution in [2.24, 2.45) is 0 Å². The second kappa shape index (κ2) is 8.47. The van der Waals surface area contributed by atoms with Crippen LogP contribution in [0.4, 0.5) is 4.39 Å². The second-order valence-electron chi connectivity index (χ2n) is 7.35. The molecule has 9 heteroatoms. The first-order chi connectivity index (χ1) is 14.9. The van der Waals surface area contributed by atoms with Gasteiger partial charge in [-0.05, 0) is 25.1 Å². The molecule has 0 fully saturated rings. The summed E-state index contributed by atoms with van der Waals surface area (Å²) in [5.74, 6) is 1.04. The highest BCUT2D eigenvalue weighted by atomic mass is 19.1. The minimum Gasteiger partial charge on any atom is -0.348 e. The average Bonchev–Trinajstić information content (AvgIpc) is 3.40. The molecular weight excluding hydrogens is 399 g/mol. The van der Waals surface area contributed by atoms with E-state index in [9.17, 15) is 9.18 Å². The highest BCUT2D eigenvalue weighted by Crippen LogP contribution is 2.21. The molecule has 4 rings (SSSR count). The maximum absolute atomic E-state index is 13.8. The predicted octanol–water partition coefficient (Wildman–Crippen LogP) is 3.82. The molecule has 158 valence electrons. The standard InChI is InChI=1S/C22H21FN6O2/c1-13(2)20-27-22(31-28-20)16-8-9-19(24-11-16)29-14(3)17(12-26-29)21(30)25-10-15-6-4-5-7-18(15)23/h4-9,11-13H,10H2,1-3H3,(H,25,30). The van der Waals surface area contributed by atoms with E-state index in [1.807, 2.05) is 13.8 Å². The Kier molecular flexibility index (Phi) is 5.57. The maximum atomic E-state index is 13.8. The van der Waals surface area contributed by atoms with Crippen molar-refractivity contribution >= 4 is 5.91 Å². The lowest BCUT2D eigenvalue weighted by atomic mass is 10.2. The van der Waals surface area contributed by atoms with Crippen molar-refractivity contribution in [2.45, 2.75) is 33.2 Å². The summed E-state index contributed by atoms with van der Waals surface area (Å²) in [6, 6.07) is 9.88. The van der Waals surface area contributed by atoms with Gasteiger partial charge in [0.15, 0.2) is 11.6 Å². The SMILES string of the molecule is Cc1c(C(=O)NCc2ccccc2F)cnn1-c1ccc(-c2nc(C(C)C)no2)cn1. The van der Waals surface area contributed by atoms with Gasteiger partial charge in [0.25, 0.3) is 11.8 Å². The minimum atomic E-state index is -0.360. The van der Waals surface area contributed by atoms with Crippen LogP contribution in [0.1, 0.15) is 47.2 Å². The van der Waals surface area contributed by atoms with Crippen LogP contribution in [0.3, 0.4) is 0 Å². The van der Waals surface area contributed by atoms with Gasteiger partial charge in [0.05, 0.1) is 23.0 Å². The summed E-state index contributed by atoms with van der Waals surface area (Å²) in [5, 5.41) is 11.0.